The van der Waals surface area contributed by atoms with Gasteiger partial charge in [0.05, 0.1) is 6.61 Å². The van der Waals surface area contributed by atoms with E-state index in [2.05, 4.69) is 15.4 Å². The van der Waals surface area contributed by atoms with Crippen LogP contribution in [0.1, 0.15) is 17.3 Å². The number of urea groups is 1. The van der Waals surface area contributed by atoms with Crippen molar-refractivity contribution in [3.05, 3.63) is 29.8 Å². The summed E-state index contributed by atoms with van der Waals surface area (Å²) in [6.45, 7) is 2.53. The second kappa shape index (κ2) is 9.29. The van der Waals surface area contributed by atoms with Gasteiger partial charge in [0.2, 0.25) is 0 Å². The first-order valence-corrected chi connectivity index (χ1v) is 7.12. The molecule has 0 aliphatic heterocycles. The highest BCUT2D eigenvalue weighted by Gasteiger charge is 2.08. The predicted molar refractivity (Wildman–Crippen MR) is 83.5 cm³/mol. The van der Waals surface area contributed by atoms with Gasteiger partial charge in [0.15, 0.2) is 0 Å². The average molecular weight is 323 g/mol. The topological polar surface area (TPSA) is 97.0 Å². The minimum absolute atomic E-state index is 0.222. The van der Waals surface area contributed by atoms with Gasteiger partial charge in [-0.3, -0.25) is 4.79 Å². The van der Waals surface area contributed by atoms with Crippen LogP contribution in [0, 0.1) is 0 Å². The molecule has 0 heterocycles. The van der Waals surface area contributed by atoms with Gasteiger partial charge in [-0.1, -0.05) is 0 Å². The molecule has 0 radical (unpaired) electrons. The highest BCUT2D eigenvalue weighted by molar-refractivity contribution is 5.94. The fourth-order valence-corrected chi connectivity index (χ4v) is 1.52. The molecule has 0 spiro atoms. The Balaban J connectivity index is 2.39. The molecular weight excluding hydrogens is 302 g/mol. The molecule has 0 fully saturated rings. The van der Waals surface area contributed by atoms with Crippen LogP contribution >= 0.6 is 0 Å². The Hall–Kier alpha value is -2.77. The van der Waals surface area contributed by atoms with E-state index in [9.17, 15) is 14.4 Å². The molecule has 2 N–H and O–H groups in total. The van der Waals surface area contributed by atoms with E-state index in [0.717, 1.165) is 0 Å². The van der Waals surface area contributed by atoms with Crippen molar-refractivity contribution in [3.8, 4) is 5.75 Å². The van der Waals surface area contributed by atoms with Gasteiger partial charge in [-0.25, -0.2) is 9.59 Å². The van der Waals surface area contributed by atoms with Crippen molar-refractivity contribution in [2.24, 2.45) is 0 Å². The first-order valence-electron chi connectivity index (χ1n) is 7.12. The molecule has 0 atom stereocenters. The van der Waals surface area contributed by atoms with Gasteiger partial charge in [-0.15, -0.1) is 0 Å². The van der Waals surface area contributed by atoms with Crippen molar-refractivity contribution in [1.82, 2.24) is 15.5 Å². The predicted octanol–water partition coefficient (Wildman–Crippen LogP) is 1.22. The average Bonchev–Trinajstić information content (AvgIpc) is 2.51. The zero-order valence-corrected chi connectivity index (χ0v) is 13.4. The number of nitrogens with one attached hydrogen (secondary N) is 2. The van der Waals surface area contributed by atoms with Crippen LogP contribution < -0.4 is 15.4 Å². The van der Waals surface area contributed by atoms with Crippen molar-refractivity contribution >= 4 is 18.1 Å². The number of carbonyl (C=O) groups is 3. The van der Waals surface area contributed by atoms with Gasteiger partial charge in [0.1, 0.15) is 5.75 Å². The highest BCUT2D eigenvalue weighted by atomic mass is 16.7. The molecule has 0 aliphatic rings. The summed E-state index contributed by atoms with van der Waals surface area (Å²) in [6.07, 6.45) is -0.790. The monoisotopic (exact) mass is 323 g/mol. The summed E-state index contributed by atoms with van der Waals surface area (Å²) in [5.74, 6) is 0.00466. The molecule has 1 aromatic carbocycles. The number of ether oxygens (including phenoxy) is 2. The molecule has 0 unspecified atom stereocenters. The molecule has 126 valence electrons. The Morgan fingerprint density at radius 2 is 1.65 bits per heavy atom. The maximum Gasteiger partial charge on any atom is 0.513 e. The minimum atomic E-state index is -0.790. The number of hydrogen-bond acceptors (Lipinski definition) is 5. The molecule has 0 aromatic heterocycles. The lowest BCUT2D eigenvalue weighted by molar-refractivity contribution is 0.0953. The molecule has 0 aliphatic carbocycles. The van der Waals surface area contributed by atoms with Crippen LogP contribution in [0.3, 0.4) is 0 Å². The van der Waals surface area contributed by atoms with E-state index in [-0.39, 0.29) is 18.5 Å². The summed E-state index contributed by atoms with van der Waals surface area (Å²) in [5, 5.41) is 5.30. The first kappa shape index (κ1) is 18.3. The number of amides is 3. The number of benzene rings is 1. The third-order valence-corrected chi connectivity index (χ3v) is 2.67. The summed E-state index contributed by atoms with van der Waals surface area (Å²) in [5.41, 5.74) is 0.417. The first-order chi connectivity index (χ1) is 10.9. The molecule has 8 heteroatoms. The Bertz CT molecular complexity index is 543. The molecule has 23 heavy (non-hydrogen) atoms. The SMILES string of the molecule is CCOC(=O)Oc1ccc(C(=O)NCCNC(=O)N(C)C)cc1. The highest BCUT2D eigenvalue weighted by Crippen LogP contribution is 2.12. The zero-order valence-electron chi connectivity index (χ0n) is 13.4. The number of hydrogen-bond donors (Lipinski definition) is 2. The molecule has 0 bridgehead atoms. The van der Waals surface area contributed by atoms with Gasteiger partial charge < -0.3 is 25.0 Å². The summed E-state index contributed by atoms with van der Waals surface area (Å²) >= 11 is 0. The summed E-state index contributed by atoms with van der Waals surface area (Å²) in [6, 6.07) is 5.84. The number of nitrogens with zero attached hydrogens (tertiary/aromatic N) is 1. The van der Waals surface area contributed by atoms with Crippen LogP contribution in [0.4, 0.5) is 9.59 Å². The van der Waals surface area contributed by atoms with Gasteiger partial charge in [0.25, 0.3) is 5.91 Å². The van der Waals surface area contributed by atoms with Gasteiger partial charge in [-0.2, -0.15) is 0 Å². The number of rotatable bonds is 6. The molecule has 1 rings (SSSR count). The normalized spacial score (nSPS) is 9.70. The van der Waals surface area contributed by atoms with Crippen molar-refractivity contribution in [3.63, 3.8) is 0 Å². The van der Waals surface area contributed by atoms with Crippen molar-refractivity contribution in [1.29, 1.82) is 0 Å². The van der Waals surface area contributed by atoms with Crippen LogP contribution in [0.5, 0.6) is 5.75 Å². The molecule has 3 amide bonds. The van der Waals surface area contributed by atoms with Gasteiger partial charge >= 0.3 is 12.2 Å². The maximum absolute atomic E-state index is 11.9. The van der Waals surface area contributed by atoms with E-state index in [0.29, 0.717) is 24.4 Å². The largest absolute Gasteiger partial charge is 0.513 e. The van der Waals surface area contributed by atoms with E-state index >= 15 is 0 Å². The summed E-state index contributed by atoms with van der Waals surface area (Å²) in [4.78, 5) is 35.7. The Kier molecular flexibility index (Phi) is 7.38. The van der Waals surface area contributed by atoms with Crippen LogP contribution in [0.25, 0.3) is 0 Å². The lowest BCUT2D eigenvalue weighted by Crippen LogP contribution is -2.39. The fraction of sp³-hybridized carbons (Fsp3) is 0.400. The van der Waals surface area contributed by atoms with Crippen LogP contribution in [-0.2, 0) is 4.74 Å². The Morgan fingerprint density at radius 3 is 2.22 bits per heavy atom. The molecule has 8 nitrogen and oxygen atoms in total. The fourth-order valence-electron chi connectivity index (χ4n) is 1.52. The van der Waals surface area contributed by atoms with Crippen molar-refractivity contribution in [2.75, 3.05) is 33.8 Å². The Labute approximate surface area is 134 Å². The van der Waals surface area contributed by atoms with E-state index < -0.39 is 6.16 Å². The smallest absolute Gasteiger partial charge is 0.434 e. The molecule has 0 saturated carbocycles. The zero-order chi connectivity index (χ0) is 17.2. The second-order valence-electron chi connectivity index (χ2n) is 4.69. The standard InChI is InChI=1S/C15H21N3O5/c1-4-22-15(21)23-12-7-5-11(6-8-12)13(19)16-9-10-17-14(20)18(2)3/h5-8H,4,9-10H2,1-3H3,(H,16,19)(H,17,20). The van der Waals surface area contributed by atoms with E-state index in [1.165, 1.54) is 29.2 Å². The van der Waals surface area contributed by atoms with Crippen molar-refractivity contribution in [2.45, 2.75) is 6.92 Å². The molecular formula is C15H21N3O5. The lowest BCUT2D eigenvalue weighted by Gasteiger charge is -2.12. The summed E-state index contributed by atoms with van der Waals surface area (Å²) in [7, 11) is 3.27. The van der Waals surface area contributed by atoms with Gasteiger partial charge in [-0.05, 0) is 31.2 Å². The quantitative estimate of drug-likeness (QED) is 0.466. The third kappa shape index (κ3) is 6.68. The maximum atomic E-state index is 11.9. The van der Waals surface area contributed by atoms with Crippen molar-refractivity contribution < 1.29 is 23.9 Å². The lowest BCUT2D eigenvalue weighted by atomic mass is 10.2. The minimum Gasteiger partial charge on any atom is -0.434 e. The van der Waals surface area contributed by atoms with Crippen LogP contribution in [0.15, 0.2) is 24.3 Å². The van der Waals surface area contributed by atoms with E-state index in [1.54, 1.807) is 21.0 Å². The molecule has 1 aromatic rings. The van der Waals surface area contributed by atoms with Gasteiger partial charge in [0, 0.05) is 32.7 Å². The third-order valence-electron chi connectivity index (χ3n) is 2.67. The number of carbonyl (C=O) groups excluding carboxylic acids is 3. The second-order valence-corrected chi connectivity index (χ2v) is 4.69. The summed E-state index contributed by atoms with van der Waals surface area (Å²) < 4.78 is 9.54. The van der Waals surface area contributed by atoms with Crippen LogP contribution in [-0.4, -0.2) is 56.8 Å². The Morgan fingerprint density at radius 1 is 1.04 bits per heavy atom. The van der Waals surface area contributed by atoms with E-state index in [4.69, 9.17) is 4.74 Å². The van der Waals surface area contributed by atoms with Crippen LogP contribution in [0.2, 0.25) is 0 Å². The molecule has 0 saturated heterocycles. The van der Waals surface area contributed by atoms with E-state index in [1.807, 2.05) is 0 Å².